The average molecular weight is 425 g/mol. The van der Waals surface area contributed by atoms with Crippen molar-refractivity contribution in [3.8, 4) is 11.1 Å². The Kier molecular flexibility index (Phi) is 5.38. The van der Waals surface area contributed by atoms with E-state index in [9.17, 15) is 12.8 Å². The van der Waals surface area contributed by atoms with Crippen molar-refractivity contribution in [3.63, 3.8) is 0 Å². The summed E-state index contributed by atoms with van der Waals surface area (Å²) in [5.41, 5.74) is 13.9. The van der Waals surface area contributed by atoms with Crippen LogP contribution in [-0.2, 0) is 10.0 Å². The monoisotopic (exact) mass is 424 g/mol. The summed E-state index contributed by atoms with van der Waals surface area (Å²) < 4.78 is 41.5. The molecule has 0 aliphatic carbocycles. The van der Waals surface area contributed by atoms with Crippen molar-refractivity contribution in [1.29, 1.82) is 0 Å². The SMILES string of the molecule is NCCC(N)c1ccc(-c2cn(S(=O)(=O)c3ccccc3)c3cc(F)ccc23)cn1. The molecule has 2 aromatic heterocycles. The lowest BCUT2D eigenvalue weighted by Crippen LogP contribution is -2.16. The lowest BCUT2D eigenvalue weighted by atomic mass is 10.0. The fraction of sp³-hybridized carbons (Fsp3) is 0.136. The highest BCUT2D eigenvalue weighted by Crippen LogP contribution is 2.33. The number of rotatable bonds is 6. The molecule has 6 nitrogen and oxygen atoms in total. The number of fused-ring (bicyclic) bond motifs is 1. The lowest BCUT2D eigenvalue weighted by molar-refractivity contribution is 0.589. The van der Waals surface area contributed by atoms with Crippen molar-refractivity contribution >= 4 is 20.9 Å². The molecule has 0 saturated heterocycles. The van der Waals surface area contributed by atoms with Crippen molar-refractivity contribution in [1.82, 2.24) is 8.96 Å². The lowest BCUT2D eigenvalue weighted by Gasteiger charge is -2.10. The Morgan fingerprint density at radius 2 is 1.83 bits per heavy atom. The van der Waals surface area contributed by atoms with Crippen LogP contribution < -0.4 is 11.5 Å². The molecule has 0 aliphatic rings. The van der Waals surface area contributed by atoms with Crippen LogP contribution in [0.5, 0.6) is 0 Å². The number of nitrogens with two attached hydrogens (primary N) is 2. The molecule has 0 amide bonds. The average Bonchev–Trinajstić information content (AvgIpc) is 3.14. The van der Waals surface area contributed by atoms with E-state index < -0.39 is 15.8 Å². The molecular weight excluding hydrogens is 403 g/mol. The first-order chi connectivity index (χ1) is 14.4. The third kappa shape index (κ3) is 3.60. The molecule has 0 spiro atoms. The van der Waals surface area contributed by atoms with Crippen LogP contribution in [0.4, 0.5) is 4.39 Å². The number of hydrogen-bond donors (Lipinski definition) is 2. The quantitative estimate of drug-likeness (QED) is 0.493. The molecule has 0 saturated carbocycles. The maximum absolute atomic E-state index is 14.0. The van der Waals surface area contributed by atoms with Gasteiger partial charge in [0.25, 0.3) is 10.0 Å². The summed E-state index contributed by atoms with van der Waals surface area (Å²) in [6.45, 7) is 0.459. The van der Waals surface area contributed by atoms with E-state index in [0.29, 0.717) is 35.2 Å². The summed E-state index contributed by atoms with van der Waals surface area (Å²) in [5.74, 6) is -0.516. The normalized spacial score (nSPS) is 12.9. The molecule has 0 aliphatic heterocycles. The van der Waals surface area contributed by atoms with Gasteiger partial charge in [0, 0.05) is 34.9 Å². The zero-order valence-electron chi connectivity index (χ0n) is 16.1. The predicted molar refractivity (Wildman–Crippen MR) is 115 cm³/mol. The van der Waals surface area contributed by atoms with E-state index in [1.54, 1.807) is 36.5 Å². The number of aromatic nitrogens is 2. The van der Waals surface area contributed by atoms with Gasteiger partial charge in [-0.2, -0.15) is 0 Å². The molecule has 4 rings (SSSR count). The van der Waals surface area contributed by atoms with Gasteiger partial charge in [0.1, 0.15) is 5.82 Å². The van der Waals surface area contributed by atoms with E-state index in [4.69, 9.17) is 11.5 Å². The summed E-state index contributed by atoms with van der Waals surface area (Å²) >= 11 is 0. The van der Waals surface area contributed by atoms with Gasteiger partial charge < -0.3 is 11.5 Å². The van der Waals surface area contributed by atoms with E-state index in [0.717, 1.165) is 3.97 Å². The Bertz CT molecular complexity index is 1290. The van der Waals surface area contributed by atoms with E-state index in [-0.39, 0.29) is 16.5 Å². The second-order valence-corrected chi connectivity index (χ2v) is 8.79. The van der Waals surface area contributed by atoms with Gasteiger partial charge in [0.15, 0.2) is 0 Å². The van der Waals surface area contributed by atoms with Gasteiger partial charge in [-0.25, -0.2) is 16.8 Å². The van der Waals surface area contributed by atoms with E-state index >= 15 is 0 Å². The summed E-state index contributed by atoms with van der Waals surface area (Å²) in [6.07, 6.45) is 3.76. The maximum Gasteiger partial charge on any atom is 0.268 e. The molecule has 0 bridgehead atoms. The summed E-state index contributed by atoms with van der Waals surface area (Å²) in [5, 5.41) is 0.608. The molecule has 2 heterocycles. The fourth-order valence-electron chi connectivity index (χ4n) is 3.42. The van der Waals surface area contributed by atoms with Crippen LogP contribution in [0.25, 0.3) is 22.0 Å². The minimum Gasteiger partial charge on any atom is -0.330 e. The van der Waals surface area contributed by atoms with Crippen molar-refractivity contribution in [2.45, 2.75) is 17.4 Å². The van der Waals surface area contributed by atoms with Crippen LogP contribution in [0.15, 0.2) is 78.0 Å². The highest BCUT2D eigenvalue weighted by molar-refractivity contribution is 7.90. The molecule has 30 heavy (non-hydrogen) atoms. The summed E-state index contributed by atoms with van der Waals surface area (Å²) in [4.78, 5) is 4.54. The van der Waals surface area contributed by atoms with Gasteiger partial charge in [0.05, 0.1) is 16.1 Å². The molecule has 8 heteroatoms. The topological polar surface area (TPSA) is 104 Å². The Hall–Kier alpha value is -3.07. The maximum atomic E-state index is 14.0. The smallest absolute Gasteiger partial charge is 0.268 e. The number of halogens is 1. The van der Waals surface area contributed by atoms with Crippen molar-refractivity contribution in [2.24, 2.45) is 11.5 Å². The second-order valence-electron chi connectivity index (χ2n) is 6.97. The van der Waals surface area contributed by atoms with Gasteiger partial charge in [-0.1, -0.05) is 24.3 Å². The molecule has 0 fully saturated rings. The zero-order chi connectivity index (χ0) is 21.3. The highest BCUT2D eigenvalue weighted by atomic mass is 32.2. The molecule has 1 atom stereocenters. The third-order valence-electron chi connectivity index (χ3n) is 4.99. The first-order valence-corrected chi connectivity index (χ1v) is 10.9. The standard InChI is InChI=1S/C22H21FN4O2S/c23-16-7-8-18-19(15-6-9-21(26-13-15)20(25)10-11-24)14-27(22(18)12-16)30(28,29)17-4-2-1-3-5-17/h1-9,12-14,20H,10-11,24-25H2. The summed E-state index contributed by atoms with van der Waals surface area (Å²) in [6, 6.07) is 15.5. The van der Waals surface area contributed by atoms with Crippen LogP contribution in [0.3, 0.4) is 0 Å². The Balaban J connectivity index is 1.87. The number of nitrogens with zero attached hydrogens (tertiary/aromatic N) is 2. The number of benzene rings is 2. The van der Waals surface area contributed by atoms with Crippen LogP contribution in [-0.4, -0.2) is 23.9 Å². The molecule has 4 aromatic rings. The van der Waals surface area contributed by atoms with Crippen molar-refractivity contribution < 1.29 is 12.8 Å². The van der Waals surface area contributed by atoms with Crippen LogP contribution >= 0.6 is 0 Å². The van der Waals surface area contributed by atoms with Gasteiger partial charge in [-0.05, 0) is 49.4 Å². The molecular formula is C22H21FN4O2S. The number of pyridine rings is 1. The van der Waals surface area contributed by atoms with Gasteiger partial charge in [-0.3, -0.25) is 4.98 Å². The van der Waals surface area contributed by atoms with Gasteiger partial charge >= 0.3 is 0 Å². The molecule has 154 valence electrons. The largest absolute Gasteiger partial charge is 0.330 e. The second kappa shape index (κ2) is 7.98. The van der Waals surface area contributed by atoms with Gasteiger partial charge in [0.2, 0.25) is 0 Å². The van der Waals surface area contributed by atoms with Gasteiger partial charge in [-0.15, -0.1) is 0 Å². The Labute approximate surface area is 174 Å². The minimum atomic E-state index is -3.90. The Morgan fingerprint density at radius 1 is 1.07 bits per heavy atom. The van der Waals surface area contributed by atoms with Crippen molar-refractivity contribution in [2.75, 3.05) is 6.54 Å². The molecule has 1 unspecified atom stereocenters. The molecule has 2 aromatic carbocycles. The minimum absolute atomic E-state index is 0.124. The first-order valence-electron chi connectivity index (χ1n) is 9.45. The third-order valence-corrected chi connectivity index (χ3v) is 6.68. The highest BCUT2D eigenvalue weighted by Gasteiger charge is 2.22. The van der Waals surface area contributed by atoms with E-state index in [1.807, 2.05) is 6.07 Å². The molecule has 4 N–H and O–H groups in total. The van der Waals surface area contributed by atoms with E-state index in [1.165, 1.54) is 30.5 Å². The first kappa shape index (κ1) is 20.2. The zero-order valence-corrected chi connectivity index (χ0v) is 16.9. The fourth-order valence-corrected chi connectivity index (χ4v) is 4.80. The Morgan fingerprint density at radius 3 is 2.50 bits per heavy atom. The molecule has 0 radical (unpaired) electrons. The summed E-state index contributed by atoms with van der Waals surface area (Å²) in [7, 11) is -3.90. The van der Waals surface area contributed by atoms with Crippen molar-refractivity contribution in [3.05, 3.63) is 84.6 Å². The van der Waals surface area contributed by atoms with Crippen LogP contribution in [0, 0.1) is 5.82 Å². The van der Waals surface area contributed by atoms with Crippen LogP contribution in [0.2, 0.25) is 0 Å². The van der Waals surface area contributed by atoms with E-state index in [2.05, 4.69) is 4.98 Å². The van der Waals surface area contributed by atoms with Crippen LogP contribution in [0.1, 0.15) is 18.2 Å². The number of hydrogen-bond acceptors (Lipinski definition) is 5. The predicted octanol–water partition coefficient (Wildman–Crippen LogP) is 3.43.